The van der Waals surface area contributed by atoms with Crippen LogP contribution in [0.25, 0.3) is 0 Å². The van der Waals surface area contributed by atoms with Crippen LogP contribution in [-0.4, -0.2) is 33.1 Å². The Hall–Kier alpha value is -3.42. The number of ether oxygens (including phenoxy) is 2. The summed E-state index contributed by atoms with van der Waals surface area (Å²) in [6.07, 6.45) is 0.980. The van der Waals surface area contributed by atoms with Crippen LogP contribution in [0.15, 0.2) is 34.9 Å². The minimum absolute atomic E-state index is 0.159. The van der Waals surface area contributed by atoms with Crippen LogP contribution in [0, 0.1) is 20.8 Å². The number of hydrogen-bond donors (Lipinski definition) is 0. The molecule has 158 valence electrons. The molecule has 30 heavy (non-hydrogen) atoms. The number of carbonyl (C=O) groups excluding carboxylic acids is 2. The van der Waals surface area contributed by atoms with Gasteiger partial charge >= 0.3 is 5.97 Å². The molecule has 2 heterocycles. The van der Waals surface area contributed by atoms with E-state index in [-0.39, 0.29) is 19.0 Å². The first-order chi connectivity index (χ1) is 14.4. The van der Waals surface area contributed by atoms with Gasteiger partial charge in [0.05, 0.1) is 5.56 Å². The minimum Gasteiger partial charge on any atom is -0.485 e. The lowest BCUT2D eigenvalue weighted by Crippen LogP contribution is -2.15. The van der Waals surface area contributed by atoms with E-state index in [1.807, 2.05) is 19.9 Å². The van der Waals surface area contributed by atoms with Crippen molar-refractivity contribution in [2.75, 3.05) is 6.61 Å². The Morgan fingerprint density at radius 3 is 2.50 bits per heavy atom. The monoisotopic (exact) mass is 411 g/mol. The maximum atomic E-state index is 12.5. The van der Waals surface area contributed by atoms with Gasteiger partial charge in [-0.2, -0.15) is 4.98 Å². The smallest absolute Gasteiger partial charge is 0.338 e. The number of Topliss-reactive ketones (excluding diaryl/α,β-unsaturated/α-hetero) is 1. The van der Waals surface area contributed by atoms with Gasteiger partial charge in [-0.1, -0.05) is 12.1 Å². The molecule has 0 aliphatic heterocycles. The average molecular weight is 411 g/mol. The van der Waals surface area contributed by atoms with Crippen molar-refractivity contribution in [3.05, 3.63) is 64.6 Å². The fraction of sp³-hybridized carbons (Fsp3) is 0.364. The Bertz CT molecular complexity index is 1030. The second-order valence-corrected chi connectivity index (χ2v) is 6.98. The molecule has 0 aliphatic carbocycles. The lowest BCUT2D eigenvalue weighted by atomic mass is 10.1. The van der Waals surface area contributed by atoms with Crippen molar-refractivity contribution in [2.24, 2.45) is 0 Å². The Kier molecular flexibility index (Phi) is 6.66. The van der Waals surface area contributed by atoms with Crippen molar-refractivity contribution >= 4 is 11.8 Å². The van der Waals surface area contributed by atoms with E-state index in [1.165, 1.54) is 0 Å². The molecule has 0 saturated heterocycles. The van der Waals surface area contributed by atoms with Crippen molar-refractivity contribution < 1.29 is 23.6 Å². The van der Waals surface area contributed by atoms with Gasteiger partial charge in [0, 0.05) is 30.4 Å². The van der Waals surface area contributed by atoms with Crippen LogP contribution < -0.4 is 4.74 Å². The predicted octanol–water partition coefficient (Wildman–Crippen LogP) is 3.83. The molecule has 0 amide bonds. The molecule has 0 fully saturated rings. The molecule has 1 aromatic carbocycles. The van der Waals surface area contributed by atoms with Crippen LogP contribution in [0.3, 0.4) is 0 Å². The molecule has 0 atom stereocenters. The van der Waals surface area contributed by atoms with Gasteiger partial charge in [0.1, 0.15) is 5.75 Å². The van der Waals surface area contributed by atoms with E-state index in [0.717, 1.165) is 24.4 Å². The molecule has 8 nitrogen and oxygen atoms in total. The van der Waals surface area contributed by atoms with Gasteiger partial charge < -0.3 is 18.6 Å². The van der Waals surface area contributed by atoms with Gasteiger partial charge in [0.15, 0.2) is 13.2 Å². The summed E-state index contributed by atoms with van der Waals surface area (Å²) in [7, 11) is 0. The number of esters is 1. The Morgan fingerprint density at radius 2 is 1.87 bits per heavy atom. The second kappa shape index (κ2) is 9.39. The zero-order chi connectivity index (χ0) is 21.7. The highest BCUT2D eigenvalue weighted by Gasteiger charge is 2.17. The number of benzene rings is 1. The zero-order valence-corrected chi connectivity index (χ0v) is 17.6. The number of carbonyl (C=O) groups is 2. The second-order valence-electron chi connectivity index (χ2n) is 6.98. The molecule has 0 bridgehead atoms. The van der Waals surface area contributed by atoms with E-state index in [9.17, 15) is 9.59 Å². The molecule has 3 rings (SSSR count). The molecule has 8 heteroatoms. The van der Waals surface area contributed by atoms with Gasteiger partial charge in [0.25, 0.3) is 0 Å². The minimum atomic E-state index is -0.564. The summed E-state index contributed by atoms with van der Waals surface area (Å²) < 4.78 is 17.7. The Labute approximate surface area is 174 Å². The third-order valence-electron chi connectivity index (χ3n) is 4.68. The molecule has 0 aliphatic rings. The molecular weight excluding hydrogens is 386 g/mol. The number of aromatic nitrogens is 3. The zero-order valence-electron chi connectivity index (χ0n) is 17.6. The van der Waals surface area contributed by atoms with Gasteiger partial charge in [-0.15, -0.1) is 0 Å². The van der Waals surface area contributed by atoms with Crippen LogP contribution in [-0.2, 0) is 17.9 Å². The van der Waals surface area contributed by atoms with E-state index >= 15 is 0 Å². The molecule has 0 saturated carbocycles. The maximum Gasteiger partial charge on any atom is 0.338 e. The van der Waals surface area contributed by atoms with Gasteiger partial charge in [-0.05, 0) is 50.6 Å². The highest BCUT2D eigenvalue weighted by atomic mass is 16.5. The Morgan fingerprint density at radius 1 is 1.13 bits per heavy atom. The van der Waals surface area contributed by atoms with Gasteiger partial charge in [0.2, 0.25) is 17.5 Å². The normalized spacial score (nSPS) is 10.8. The third-order valence-corrected chi connectivity index (χ3v) is 4.68. The molecule has 0 N–H and O–H groups in total. The van der Waals surface area contributed by atoms with Crippen molar-refractivity contribution in [3.8, 4) is 5.75 Å². The first kappa shape index (κ1) is 21.3. The molecule has 0 radical (unpaired) electrons. The summed E-state index contributed by atoms with van der Waals surface area (Å²) in [5.41, 5.74) is 2.85. The van der Waals surface area contributed by atoms with E-state index in [0.29, 0.717) is 28.6 Å². The summed E-state index contributed by atoms with van der Waals surface area (Å²) >= 11 is 0. The predicted molar refractivity (Wildman–Crippen MR) is 109 cm³/mol. The Balaban J connectivity index is 1.54. The van der Waals surface area contributed by atoms with Crippen LogP contribution in [0.5, 0.6) is 5.75 Å². The topological polar surface area (TPSA) is 96.5 Å². The molecule has 0 unspecified atom stereocenters. The number of rotatable bonds is 9. The molecular formula is C22H25N3O5. The van der Waals surface area contributed by atoms with Crippen molar-refractivity contribution in [3.63, 3.8) is 0 Å². The van der Waals surface area contributed by atoms with Crippen LogP contribution in [0.1, 0.15) is 57.2 Å². The van der Waals surface area contributed by atoms with E-state index in [1.54, 1.807) is 31.2 Å². The van der Waals surface area contributed by atoms with Crippen LogP contribution >= 0.6 is 0 Å². The quantitative estimate of drug-likeness (QED) is 0.390. The van der Waals surface area contributed by atoms with Gasteiger partial charge in [-0.25, -0.2) is 4.79 Å². The van der Waals surface area contributed by atoms with Crippen molar-refractivity contribution in [1.29, 1.82) is 0 Å². The number of ketones is 1. The highest BCUT2D eigenvalue weighted by Crippen LogP contribution is 2.18. The van der Waals surface area contributed by atoms with Crippen LogP contribution in [0.4, 0.5) is 0 Å². The standard InChI is InChI=1S/C22H25N3O5/c1-5-10-25-14(2)11-19(15(25)3)20(26)12-29-22(27)17-6-8-18(9-7-17)28-13-21-23-16(4)30-24-21/h6-9,11H,5,10,12-13H2,1-4H3. The summed E-state index contributed by atoms with van der Waals surface area (Å²) in [4.78, 5) is 28.8. The molecule has 3 aromatic rings. The number of aryl methyl sites for hydroxylation is 2. The summed E-state index contributed by atoms with van der Waals surface area (Å²) in [5, 5.41) is 3.75. The first-order valence-corrected chi connectivity index (χ1v) is 9.78. The largest absolute Gasteiger partial charge is 0.485 e. The fourth-order valence-corrected chi connectivity index (χ4v) is 3.18. The lowest BCUT2D eigenvalue weighted by Gasteiger charge is -2.08. The first-order valence-electron chi connectivity index (χ1n) is 9.78. The SMILES string of the molecule is CCCn1c(C)cc(C(=O)COC(=O)c2ccc(OCc3noc(C)n3)cc2)c1C. The van der Waals surface area contributed by atoms with Crippen LogP contribution in [0.2, 0.25) is 0 Å². The average Bonchev–Trinajstić information content (AvgIpc) is 3.28. The lowest BCUT2D eigenvalue weighted by molar-refractivity contribution is 0.0474. The summed E-state index contributed by atoms with van der Waals surface area (Å²) in [5.74, 6) is 0.676. The fourth-order valence-electron chi connectivity index (χ4n) is 3.18. The third kappa shape index (κ3) is 4.94. The van der Waals surface area contributed by atoms with E-state index in [2.05, 4.69) is 21.6 Å². The maximum absolute atomic E-state index is 12.5. The van der Waals surface area contributed by atoms with Crippen molar-refractivity contribution in [1.82, 2.24) is 14.7 Å². The van der Waals surface area contributed by atoms with E-state index < -0.39 is 5.97 Å². The summed E-state index contributed by atoms with van der Waals surface area (Å²) in [6.45, 7) is 8.37. The number of nitrogens with zero attached hydrogens (tertiary/aromatic N) is 3. The molecule has 0 spiro atoms. The molecule has 2 aromatic heterocycles. The number of hydrogen-bond acceptors (Lipinski definition) is 7. The van der Waals surface area contributed by atoms with E-state index in [4.69, 9.17) is 14.0 Å². The van der Waals surface area contributed by atoms with Gasteiger partial charge in [-0.3, -0.25) is 4.79 Å². The van der Waals surface area contributed by atoms with Crippen molar-refractivity contribution in [2.45, 2.75) is 47.3 Å². The summed E-state index contributed by atoms with van der Waals surface area (Å²) in [6, 6.07) is 8.29. The highest BCUT2D eigenvalue weighted by molar-refractivity contribution is 6.00.